The predicted octanol–water partition coefficient (Wildman–Crippen LogP) is 1.94. The van der Waals surface area contributed by atoms with Crippen molar-refractivity contribution in [3.63, 3.8) is 0 Å². The predicted molar refractivity (Wildman–Crippen MR) is 64.4 cm³/mol. The highest BCUT2D eigenvalue weighted by Gasteiger charge is 2.19. The van der Waals surface area contributed by atoms with E-state index in [2.05, 4.69) is 19.9 Å². The fraction of sp³-hybridized carbons (Fsp3) is 0.364. The van der Waals surface area contributed by atoms with Crippen molar-refractivity contribution >= 4 is 11.5 Å². The fourth-order valence-corrected chi connectivity index (χ4v) is 2.59. The Kier molecular flexibility index (Phi) is 3.75. The molecule has 4 nitrogen and oxygen atoms in total. The van der Waals surface area contributed by atoms with Crippen LogP contribution < -0.4 is 5.32 Å². The lowest BCUT2D eigenvalue weighted by Crippen LogP contribution is -2.18. The summed E-state index contributed by atoms with van der Waals surface area (Å²) < 4.78 is 17.1. The van der Waals surface area contributed by atoms with E-state index in [-0.39, 0.29) is 11.9 Å². The zero-order chi connectivity index (χ0) is 12.3. The number of hydrogen-bond donors (Lipinski definition) is 1. The molecule has 0 fully saturated rings. The van der Waals surface area contributed by atoms with Crippen molar-refractivity contribution in [2.24, 2.45) is 0 Å². The van der Waals surface area contributed by atoms with E-state index in [0.717, 1.165) is 22.6 Å². The minimum atomic E-state index is -0.335. The molecule has 0 aliphatic heterocycles. The van der Waals surface area contributed by atoms with Gasteiger partial charge in [-0.15, -0.1) is 5.10 Å². The van der Waals surface area contributed by atoms with Crippen LogP contribution in [0.15, 0.2) is 18.5 Å². The van der Waals surface area contributed by atoms with Gasteiger partial charge in [-0.3, -0.25) is 4.98 Å². The van der Waals surface area contributed by atoms with E-state index in [0.29, 0.717) is 0 Å². The summed E-state index contributed by atoms with van der Waals surface area (Å²) in [6.07, 6.45) is 3.66. The monoisotopic (exact) mass is 252 g/mol. The second-order valence-electron chi connectivity index (χ2n) is 3.60. The zero-order valence-electron chi connectivity index (χ0n) is 9.64. The number of aryl methyl sites for hydroxylation is 1. The van der Waals surface area contributed by atoms with Crippen LogP contribution in [0.4, 0.5) is 4.39 Å². The van der Waals surface area contributed by atoms with E-state index >= 15 is 0 Å². The number of pyridine rings is 1. The van der Waals surface area contributed by atoms with Crippen molar-refractivity contribution in [3.8, 4) is 0 Å². The van der Waals surface area contributed by atoms with Crippen molar-refractivity contribution in [2.45, 2.75) is 19.4 Å². The number of nitrogens with one attached hydrogen (secondary N) is 1. The maximum absolute atomic E-state index is 13.2. The van der Waals surface area contributed by atoms with Crippen molar-refractivity contribution in [1.82, 2.24) is 19.9 Å². The number of nitrogens with zero attached hydrogens (tertiary/aromatic N) is 3. The zero-order valence-corrected chi connectivity index (χ0v) is 10.5. The van der Waals surface area contributed by atoms with Crippen LogP contribution in [-0.4, -0.2) is 21.6 Å². The van der Waals surface area contributed by atoms with Gasteiger partial charge in [0.2, 0.25) is 0 Å². The molecule has 1 N–H and O–H groups in total. The lowest BCUT2D eigenvalue weighted by molar-refractivity contribution is 0.609. The van der Waals surface area contributed by atoms with Crippen LogP contribution in [0.2, 0.25) is 0 Å². The normalized spacial score (nSPS) is 12.6. The first-order valence-electron chi connectivity index (χ1n) is 5.35. The molecular weight excluding hydrogens is 239 g/mol. The SMILES string of the molecule is CCc1nnsc1C(NC)c1cncc(F)c1. The molecule has 6 heteroatoms. The van der Waals surface area contributed by atoms with Crippen molar-refractivity contribution in [3.05, 3.63) is 40.4 Å². The van der Waals surface area contributed by atoms with E-state index in [1.807, 2.05) is 14.0 Å². The average molecular weight is 252 g/mol. The molecule has 90 valence electrons. The van der Waals surface area contributed by atoms with Crippen LogP contribution in [0.25, 0.3) is 0 Å². The van der Waals surface area contributed by atoms with E-state index in [1.54, 1.807) is 6.20 Å². The molecular formula is C11H13FN4S. The largest absolute Gasteiger partial charge is 0.309 e. The van der Waals surface area contributed by atoms with Gasteiger partial charge in [-0.2, -0.15) is 0 Å². The molecule has 0 radical (unpaired) electrons. The van der Waals surface area contributed by atoms with Gasteiger partial charge in [0.1, 0.15) is 5.82 Å². The minimum Gasteiger partial charge on any atom is -0.309 e. The molecule has 0 aliphatic carbocycles. The molecule has 2 heterocycles. The van der Waals surface area contributed by atoms with Crippen LogP contribution in [0.5, 0.6) is 0 Å². The van der Waals surface area contributed by atoms with Gasteiger partial charge in [0.25, 0.3) is 0 Å². The highest BCUT2D eigenvalue weighted by Crippen LogP contribution is 2.26. The molecule has 0 saturated carbocycles. The Morgan fingerprint density at radius 1 is 1.47 bits per heavy atom. The van der Waals surface area contributed by atoms with Gasteiger partial charge in [0, 0.05) is 6.20 Å². The first-order chi connectivity index (χ1) is 8.26. The molecule has 0 spiro atoms. The second kappa shape index (κ2) is 5.29. The number of rotatable bonds is 4. The Labute approximate surface area is 103 Å². The Balaban J connectivity index is 2.40. The summed E-state index contributed by atoms with van der Waals surface area (Å²) in [4.78, 5) is 4.88. The lowest BCUT2D eigenvalue weighted by atomic mass is 10.1. The average Bonchev–Trinajstić information content (AvgIpc) is 2.78. The molecule has 0 saturated heterocycles. The standard InChI is InChI=1S/C11H13FN4S/c1-3-9-11(17-16-15-9)10(13-2)7-4-8(12)6-14-5-7/h4-6,10,13H,3H2,1-2H3. The Morgan fingerprint density at radius 3 is 2.94 bits per heavy atom. The molecule has 1 unspecified atom stereocenters. The molecule has 0 bridgehead atoms. The second-order valence-corrected chi connectivity index (χ2v) is 4.38. The quantitative estimate of drug-likeness (QED) is 0.903. The first-order valence-corrected chi connectivity index (χ1v) is 6.12. The summed E-state index contributed by atoms with van der Waals surface area (Å²) in [5.41, 5.74) is 1.73. The van der Waals surface area contributed by atoms with Crippen molar-refractivity contribution in [2.75, 3.05) is 7.05 Å². The molecule has 17 heavy (non-hydrogen) atoms. The molecule has 2 aromatic heterocycles. The molecule has 1 atom stereocenters. The van der Waals surface area contributed by atoms with E-state index in [1.165, 1.54) is 23.8 Å². The Hall–Kier alpha value is -1.40. The number of aromatic nitrogens is 3. The van der Waals surface area contributed by atoms with Gasteiger partial charge in [-0.25, -0.2) is 4.39 Å². The Morgan fingerprint density at radius 2 is 2.29 bits per heavy atom. The van der Waals surface area contributed by atoms with Gasteiger partial charge in [-0.05, 0) is 36.6 Å². The van der Waals surface area contributed by atoms with Gasteiger partial charge in [0.05, 0.1) is 22.8 Å². The lowest BCUT2D eigenvalue weighted by Gasteiger charge is -2.14. The Bertz CT molecular complexity index is 500. The van der Waals surface area contributed by atoms with Crippen LogP contribution in [0.1, 0.15) is 29.1 Å². The van der Waals surface area contributed by atoms with Crippen molar-refractivity contribution < 1.29 is 4.39 Å². The number of hydrogen-bond acceptors (Lipinski definition) is 5. The van der Waals surface area contributed by atoms with Gasteiger partial charge in [0.15, 0.2) is 0 Å². The van der Waals surface area contributed by atoms with Crippen LogP contribution >= 0.6 is 11.5 Å². The number of halogens is 1. The molecule has 0 aliphatic rings. The summed E-state index contributed by atoms with van der Waals surface area (Å²) in [5.74, 6) is -0.335. The summed E-state index contributed by atoms with van der Waals surface area (Å²) in [6.45, 7) is 2.02. The third-order valence-electron chi connectivity index (χ3n) is 2.53. The van der Waals surface area contributed by atoms with Crippen LogP contribution in [0, 0.1) is 5.82 Å². The molecule has 2 rings (SSSR count). The van der Waals surface area contributed by atoms with E-state index in [9.17, 15) is 4.39 Å². The molecule has 2 aromatic rings. The van der Waals surface area contributed by atoms with Crippen molar-refractivity contribution in [1.29, 1.82) is 0 Å². The topological polar surface area (TPSA) is 50.7 Å². The maximum atomic E-state index is 13.2. The molecule has 0 aromatic carbocycles. The first kappa shape index (κ1) is 12.1. The van der Waals surface area contributed by atoms with Crippen LogP contribution in [-0.2, 0) is 6.42 Å². The van der Waals surface area contributed by atoms with Gasteiger partial charge < -0.3 is 5.32 Å². The maximum Gasteiger partial charge on any atom is 0.141 e. The third kappa shape index (κ3) is 2.48. The van der Waals surface area contributed by atoms with Crippen LogP contribution in [0.3, 0.4) is 0 Å². The minimum absolute atomic E-state index is 0.104. The van der Waals surface area contributed by atoms with Gasteiger partial charge in [-0.1, -0.05) is 11.4 Å². The fourth-order valence-electron chi connectivity index (χ4n) is 1.72. The highest BCUT2D eigenvalue weighted by atomic mass is 32.1. The molecule has 0 amide bonds. The summed E-state index contributed by atoms with van der Waals surface area (Å²) in [6, 6.07) is 1.38. The summed E-state index contributed by atoms with van der Waals surface area (Å²) in [5, 5.41) is 7.21. The summed E-state index contributed by atoms with van der Waals surface area (Å²) in [7, 11) is 1.83. The highest BCUT2D eigenvalue weighted by molar-refractivity contribution is 7.05. The van der Waals surface area contributed by atoms with E-state index < -0.39 is 0 Å². The van der Waals surface area contributed by atoms with E-state index in [4.69, 9.17) is 0 Å². The third-order valence-corrected chi connectivity index (χ3v) is 3.36. The smallest absolute Gasteiger partial charge is 0.141 e. The summed E-state index contributed by atoms with van der Waals surface area (Å²) >= 11 is 1.33. The van der Waals surface area contributed by atoms with Gasteiger partial charge >= 0.3 is 0 Å².